The van der Waals surface area contributed by atoms with Gasteiger partial charge < -0.3 is 5.32 Å². The van der Waals surface area contributed by atoms with Crippen LogP contribution in [0.2, 0.25) is 0 Å². The summed E-state index contributed by atoms with van der Waals surface area (Å²) in [4.78, 5) is 9.55. The predicted molar refractivity (Wildman–Crippen MR) is 79.3 cm³/mol. The molecule has 0 atom stereocenters. The second kappa shape index (κ2) is 6.47. The van der Waals surface area contributed by atoms with Crippen LogP contribution in [0.1, 0.15) is 67.7 Å². The van der Waals surface area contributed by atoms with Gasteiger partial charge >= 0.3 is 0 Å². The Labute approximate surface area is 117 Å². The van der Waals surface area contributed by atoms with Crippen molar-refractivity contribution in [3.63, 3.8) is 0 Å². The number of rotatable bonds is 4. The maximum atomic E-state index is 4.78. The molecule has 3 heteroatoms. The van der Waals surface area contributed by atoms with Crippen molar-refractivity contribution in [2.75, 3.05) is 7.05 Å². The van der Waals surface area contributed by atoms with E-state index in [1.807, 2.05) is 7.05 Å². The van der Waals surface area contributed by atoms with Crippen molar-refractivity contribution >= 4 is 0 Å². The van der Waals surface area contributed by atoms with Gasteiger partial charge in [-0.05, 0) is 52.5 Å². The normalized spacial score (nSPS) is 23.6. The van der Waals surface area contributed by atoms with Gasteiger partial charge in [-0.25, -0.2) is 9.97 Å². The van der Waals surface area contributed by atoms with Crippen molar-refractivity contribution in [1.82, 2.24) is 15.3 Å². The van der Waals surface area contributed by atoms with Crippen molar-refractivity contribution < 1.29 is 0 Å². The van der Waals surface area contributed by atoms with Gasteiger partial charge in [0, 0.05) is 29.4 Å². The van der Waals surface area contributed by atoms with Crippen LogP contribution in [0, 0.1) is 19.8 Å². The smallest absolute Gasteiger partial charge is 0.131 e. The first-order valence-corrected chi connectivity index (χ1v) is 7.64. The highest BCUT2D eigenvalue weighted by Gasteiger charge is 2.24. The number of nitrogens with one attached hydrogen (secondary N) is 1. The second-order valence-corrected chi connectivity index (χ2v) is 5.89. The minimum Gasteiger partial charge on any atom is -0.316 e. The van der Waals surface area contributed by atoms with E-state index in [2.05, 4.69) is 26.1 Å². The lowest BCUT2D eigenvalue weighted by Crippen LogP contribution is -2.18. The summed E-state index contributed by atoms with van der Waals surface area (Å²) in [6.45, 7) is 7.40. The monoisotopic (exact) mass is 261 g/mol. The molecular formula is C16H27N3. The zero-order chi connectivity index (χ0) is 13.8. The average molecular weight is 261 g/mol. The molecule has 0 unspecified atom stereocenters. The van der Waals surface area contributed by atoms with Crippen LogP contribution in [0.25, 0.3) is 0 Å². The summed E-state index contributed by atoms with van der Waals surface area (Å²) in [5.41, 5.74) is 3.55. The maximum absolute atomic E-state index is 4.78. The molecule has 1 fully saturated rings. The van der Waals surface area contributed by atoms with E-state index in [1.165, 1.54) is 37.7 Å². The van der Waals surface area contributed by atoms with E-state index >= 15 is 0 Å². The second-order valence-electron chi connectivity index (χ2n) is 5.89. The molecule has 1 aromatic heterocycles. The summed E-state index contributed by atoms with van der Waals surface area (Å²) in [5.74, 6) is 2.61. The Hall–Kier alpha value is -0.960. The van der Waals surface area contributed by atoms with Crippen molar-refractivity contribution in [2.45, 2.75) is 65.3 Å². The van der Waals surface area contributed by atoms with Crippen LogP contribution in [0.4, 0.5) is 0 Å². The van der Waals surface area contributed by atoms with Gasteiger partial charge in [0.05, 0.1) is 0 Å². The molecule has 1 aliphatic rings. The highest BCUT2D eigenvalue weighted by atomic mass is 14.9. The molecule has 0 saturated heterocycles. The fraction of sp³-hybridized carbons (Fsp3) is 0.750. The molecular weight excluding hydrogens is 234 g/mol. The van der Waals surface area contributed by atoms with Gasteiger partial charge in [0.1, 0.15) is 5.82 Å². The minimum absolute atomic E-state index is 0.587. The van der Waals surface area contributed by atoms with E-state index in [-0.39, 0.29) is 0 Å². The van der Waals surface area contributed by atoms with E-state index < -0.39 is 0 Å². The van der Waals surface area contributed by atoms with Crippen molar-refractivity contribution in [3.8, 4) is 0 Å². The molecule has 1 heterocycles. The Morgan fingerprint density at radius 2 is 1.63 bits per heavy atom. The van der Waals surface area contributed by atoms with E-state index in [9.17, 15) is 0 Å². The fourth-order valence-corrected chi connectivity index (χ4v) is 3.21. The molecule has 19 heavy (non-hydrogen) atoms. The molecule has 2 rings (SSSR count). The molecule has 0 radical (unpaired) electrons. The van der Waals surface area contributed by atoms with Gasteiger partial charge in [-0.1, -0.05) is 13.3 Å². The lowest BCUT2D eigenvalue weighted by atomic mass is 9.80. The van der Waals surface area contributed by atoms with E-state index in [0.717, 1.165) is 29.7 Å². The zero-order valence-corrected chi connectivity index (χ0v) is 12.8. The summed E-state index contributed by atoms with van der Waals surface area (Å²) < 4.78 is 0. The topological polar surface area (TPSA) is 37.8 Å². The van der Waals surface area contributed by atoms with Crippen molar-refractivity contribution in [1.29, 1.82) is 0 Å². The summed E-state index contributed by atoms with van der Waals surface area (Å²) in [6.07, 6.45) is 6.56. The molecule has 1 aromatic rings. The SMILES string of the molecule is CCC1CCC(c2nc(C)c(CNC)c(C)n2)CC1. The van der Waals surface area contributed by atoms with Gasteiger partial charge in [-0.3, -0.25) is 0 Å². The van der Waals surface area contributed by atoms with Crippen LogP contribution < -0.4 is 5.32 Å². The van der Waals surface area contributed by atoms with Crippen LogP contribution in [0.3, 0.4) is 0 Å². The first-order chi connectivity index (χ1) is 9.15. The lowest BCUT2D eigenvalue weighted by Gasteiger charge is -2.27. The molecule has 1 N–H and O–H groups in total. The molecule has 3 nitrogen and oxygen atoms in total. The maximum Gasteiger partial charge on any atom is 0.131 e. The third-order valence-electron chi connectivity index (χ3n) is 4.58. The quantitative estimate of drug-likeness (QED) is 0.901. The summed E-state index contributed by atoms with van der Waals surface area (Å²) >= 11 is 0. The summed E-state index contributed by atoms with van der Waals surface area (Å²) in [5, 5.41) is 3.20. The van der Waals surface area contributed by atoms with Gasteiger partial charge in [0.2, 0.25) is 0 Å². The summed E-state index contributed by atoms with van der Waals surface area (Å²) in [6, 6.07) is 0. The van der Waals surface area contributed by atoms with Crippen LogP contribution in [-0.2, 0) is 6.54 Å². The Morgan fingerprint density at radius 3 is 2.11 bits per heavy atom. The first kappa shape index (κ1) is 14.4. The molecule has 0 aliphatic heterocycles. The Morgan fingerprint density at radius 1 is 1.05 bits per heavy atom. The largest absolute Gasteiger partial charge is 0.316 e. The third kappa shape index (κ3) is 3.33. The van der Waals surface area contributed by atoms with Crippen LogP contribution in [0.15, 0.2) is 0 Å². The van der Waals surface area contributed by atoms with E-state index in [0.29, 0.717) is 5.92 Å². The number of hydrogen-bond donors (Lipinski definition) is 1. The average Bonchev–Trinajstić information content (AvgIpc) is 2.43. The Kier molecular flexibility index (Phi) is 4.92. The number of aromatic nitrogens is 2. The van der Waals surface area contributed by atoms with Crippen LogP contribution in [0.5, 0.6) is 0 Å². The zero-order valence-electron chi connectivity index (χ0n) is 12.8. The van der Waals surface area contributed by atoms with Gasteiger partial charge in [-0.15, -0.1) is 0 Å². The molecule has 0 bridgehead atoms. The summed E-state index contributed by atoms with van der Waals surface area (Å²) in [7, 11) is 1.97. The van der Waals surface area contributed by atoms with Crippen molar-refractivity contribution in [2.24, 2.45) is 5.92 Å². The number of nitrogens with zero attached hydrogens (tertiary/aromatic N) is 2. The van der Waals surface area contributed by atoms with Gasteiger partial charge in [0.25, 0.3) is 0 Å². The molecule has 0 aromatic carbocycles. The Bertz CT molecular complexity index is 397. The van der Waals surface area contributed by atoms with Crippen molar-refractivity contribution in [3.05, 3.63) is 22.8 Å². The van der Waals surface area contributed by atoms with Crippen LogP contribution >= 0.6 is 0 Å². The Balaban J connectivity index is 2.13. The standard InChI is InChI=1S/C16H27N3/c1-5-13-6-8-14(9-7-13)16-18-11(2)15(10-17-4)12(3)19-16/h13-14,17H,5-10H2,1-4H3. The third-order valence-corrected chi connectivity index (χ3v) is 4.58. The number of aryl methyl sites for hydroxylation is 2. The highest BCUT2D eigenvalue weighted by Crippen LogP contribution is 2.35. The highest BCUT2D eigenvalue weighted by molar-refractivity contribution is 5.25. The molecule has 1 saturated carbocycles. The first-order valence-electron chi connectivity index (χ1n) is 7.64. The molecule has 106 valence electrons. The molecule has 0 amide bonds. The van der Waals surface area contributed by atoms with Gasteiger partial charge in [0.15, 0.2) is 0 Å². The van der Waals surface area contributed by atoms with E-state index in [4.69, 9.17) is 9.97 Å². The van der Waals surface area contributed by atoms with E-state index in [1.54, 1.807) is 0 Å². The fourth-order valence-electron chi connectivity index (χ4n) is 3.21. The molecule has 0 spiro atoms. The van der Waals surface area contributed by atoms with Gasteiger partial charge in [-0.2, -0.15) is 0 Å². The number of hydrogen-bond acceptors (Lipinski definition) is 3. The van der Waals surface area contributed by atoms with Crippen LogP contribution in [-0.4, -0.2) is 17.0 Å². The minimum atomic E-state index is 0.587. The molecule has 1 aliphatic carbocycles. The lowest BCUT2D eigenvalue weighted by molar-refractivity contribution is 0.311. The predicted octanol–water partition coefficient (Wildman–Crippen LogP) is 3.50.